The molecule has 1 aromatic carbocycles. The van der Waals surface area contributed by atoms with Crippen molar-refractivity contribution in [3.05, 3.63) is 35.9 Å². The number of likely N-dealkylation sites (N-methyl/N-ethyl adjacent to an activating group) is 1. The van der Waals surface area contributed by atoms with Gasteiger partial charge in [0.25, 0.3) is 5.91 Å². The Hall–Kier alpha value is -1.39. The van der Waals surface area contributed by atoms with Crippen molar-refractivity contribution in [1.82, 2.24) is 9.80 Å². The number of amides is 1. The van der Waals surface area contributed by atoms with E-state index in [2.05, 4.69) is 4.90 Å². The third-order valence-corrected chi connectivity index (χ3v) is 5.24. The van der Waals surface area contributed by atoms with E-state index >= 15 is 0 Å². The number of benzene rings is 1. The Morgan fingerprint density at radius 1 is 1.14 bits per heavy atom. The van der Waals surface area contributed by atoms with Crippen LogP contribution in [0, 0.1) is 0 Å². The minimum atomic E-state index is -0.440. The Kier molecular flexibility index (Phi) is 4.79. The molecule has 3 rings (SSSR count). The molecular formula is C18H26N2O2. The first-order valence-corrected chi connectivity index (χ1v) is 8.43. The van der Waals surface area contributed by atoms with Gasteiger partial charge in [-0.3, -0.25) is 9.69 Å². The number of hydrogen-bond donors (Lipinski definition) is 1. The molecule has 1 heterocycles. The van der Waals surface area contributed by atoms with Crippen LogP contribution in [0.4, 0.5) is 0 Å². The van der Waals surface area contributed by atoms with Gasteiger partial charge in [-0.25, -0.2) is 0 Å². The van der Waals surface area contributed by atoms with Crippen molar-refractivity contribution in [3.63, 3.8) is 0 Å². The van der Waals surface area contributed by atoms with Crippen LogP contribution >= 0.6 is 0 Å². The van der Waals surface area contributed by atoms with E-state index in [1.54, 1.807) is 4.90 Å². The van der Waals surface area contributed by atoms with Crippen LogP contribution in [0.25, 0.3) is 0 Å². The zero-order chi connectivity index (χ0) is 15.5. The monoisotopic (exact) mass is 302 g/mol. The van der Waals surface area contributed by atoms with Crippen molar-refractivity contribution < 1.29 is 9.90 Å². The summed E-state index contributed by atoms with van der Waals surface area (Å²) in [7, 11) is 1.83. The molecule has 1 aliphatic heterocycles. The lowest BCUT2D eigenvalue weighted by molar-refractivity contribution is -0.0241. The molecule has 1 amide bonds. The van der Waals surface area contributed by atoms with E-state index in [0.29, 0.717) is 5.56 Å². The molecule has 2 aliphatic rings. The Morgan fingerprint density at radius 3 is 2.50 bits per heavy atom. The maximum Gasteiger partial charge on any atom is 0.253 e. The molecule has 0 bridgehead atoms. The van der Waals surface area contributed by atoms with E-state index in [4.69, 9.17) is 0 Å². The molecule has 0 aromatic heterocycles. The number of hydrogen-bond acceptors (Lipinski definition) is 3. The summed E-state index contributed by atoms with van der Waals surface area (Å²) in [5, 5.41) is 10.8. The van der Waals surface area contributed by atoms with Crippen LogP contribution in [-0.2, 0) is 0 Å². The molecule has 120 valence electrons. The molecule has 1 aromatic rings. The molecule has 1 saturated heterocycles. The van der Waals surface area contributed by atoms with Crippen LogP contribution in [0.15, 0.2) is 30.3 Å². The van der Waals surface area contributed by atoms with Gasteiger partial charge in [-0.2, -0.15) is 0 Å². The molecule has 1 aliphatic carbocycles. The van der Waals surface area contributed by atoms with Gasteiger partial charge in [0.15, 0.2) is 0 Å². The molecule has 1 saturated carbocycles. The van der Waals surface area contributed by atoms with Crippen molar-refractivity contribution in [3.8, 4) is 0 Å². The fourth-order valence-electron chi connectivity index (χ4n) is 3.96. The summed E-state index contributed by atoms with van der Waals surface area (Å²) in [6, 6.07) is 9.49. The van der Waals surface area contributed by atoms with E-state index in [1.165, 1.54) is 12.8 Å². The first-order valence-electron chi connectivity index (χ1n) is 8.43. The van der Waals surface area contributed by atoms with Crippen molar-refractivity contribution in [1.29, 1.82) is 0 Å². The van der Waals surface area contributed by atoms with Crippen LogP contribution in [0.3, 0.4) is 0 Å². The van der Waals surface area contributed by atoms with Crippen LogP contribution < -0.4 is 0 Å². The highest BCUT2D eigenvalue weighted by Gasteiger charge is 2.39. The quantitative estimate of drug-likeness (QED) is 0.930. The Balaban J connectivity index is 1.71. The summed E-state index contributed by atoms with van der Waals surface area (Å²) < 4.78 is 0. The maximum absolute atomic E-state index is 12.6. The van der Waals surface area contributed by atoms with Gasteiger partial charge in [-0.1, -0.05) is 18.2 Å². The normalized spacial score (nSPS) is 29.5. The van der Waals surface area contributed by atoms with Crippen molar-refractivity contribution >= 4 is 5.91 Å². The van der Waals surface area contributed by atoms with Crippen molar-refractivity contribution in [2.24, 2.45) is 0 Å². The van der Waals surface area contributed by atoms with Gasteiger partial charge in [0.1, 0.15) is 0 Å². The second-order valence-electron chi connectivity index (χ2n) is 6.58. The number of carbonyl (C=O) groups is 1. The third-order valence-electron chi connectivity index (χ3n) is 5.24. The third kappa shape index (κ3) is 3.03. The number of rotatable bonds is 3. The number of aliphatic hydroxyl groups excluding tert-OH is 1. The fourth-order valence-corrected chi connectivity index (χ4v) is 3.96. The van der Waals surface area contributed by atoms with Crippen molar-refractivity contribution in [2.45, 2.75) is 50.3 Å². The van der Waals surface area contributed by atoms with E-state index in [-0.39, 0.29) is 18.0 Å². The molecule has 0 radical (unpaired) electrons. The van der Waals surface area contributed by atoms with Crippen LogP contribution in [-0.4, -0.2) is 59.1 Å². The summed E-state index contributed by atoms with van der Waals surface area (Å²) in [6.07, 6.45) is 5.03. The van der Waals surface area contributed by atoms with E-state index in [0.717, 1.165) is 32.4 Å². The van der Waals surface area contributed by atoms with Gasteiger partial charge >= 0.3 is 0 Å². The highest BCUT2D eigenvalue weighted by molar-refractivity contribution is 5.94. The smallest absolute Gasteiger partial charge is 0.253 e. The zero-order valence-corrected chi connectivity index (χ0v) is 13.3. The van der Waals surface area contributed by atoms with E-state index < -0.39 is 6.10 Å². The zero-order valence-electron chi connectivity index (χ0n) is 13.3. The van der Waals surface area contributed by atoms with Crippen LogP contribution in [0.2, 0.25) is 0 Å². The molecule has 22 heavy (non-hydrogen) atoms. The molecular weight excluding hydrogens is 276 g/mol. The van der Waals surface area contributed by atoms with Crippen LogP contribution in [0.5, 0.6) is 0 Å². The topological polar surface area (TPSA) is 43.8 Å². The Morgan fingerprint density at radius 2 is 1.82 bits per heavy atom. The predicted molar refractivity (Wildman–Crippen MR) is 86.8 cm³/mol. The number of carbonyl (C=O) groups excluding carboxylic acids is 1. The number of aliphatic hydroxyl groups is 1. The lowest BCUT2D eigenvalue weighted by atomic mass is 9.86. The molecule has 4 heteroatoms. The minimum absolute atomic E-state index is 0.00622. The van der Waals surface area contributed by atoms with Gasteiger partial charge in [-0.05, 0) is 57.3 Å². The Bertz CT molecular complexity index is 499. The standard InChI is InChI=1S/C18H26N2O2/c1-19(18(22)14-8-3-2-4-9-14)15-10-7-11-16(17(15)21)20-12-5-6-13-20/h2-4,8-9,15-17,21H,5-7,10-13H2,1H3/t15-,16-,17-/m1/s1. The van der Waals surface area contributed by atoms with Gasteiger partial charge < -0.3 is 10.0 Å². The van der Waals surface area contributed by atoms with E-state index in [9.17, 15) is 9.90 Å². The SMILES string of the molecule is CN(C(=O)c1ccccc1)[C@@H]1CCC[C@@H](N2CCCC2)[C@@H]1O. The first kappa shape index (κ1) is 15.5. The highest BCUT2D eigenvalue weighted by Crippen LogP contribution is 2.29. The van der Waals surface area contributed by atoms with Crippen molar-refractivity contribution in [2.75, 3.05) is 20.1 Å². The molecule has 3 atom stereocenters. The molecule has 4 nitrogen and oxygen atoms in total. The average molecular weight is 302 g/mol. The molecule has 2 fully saturated rings. The lowest BCUT2D eigenvalue weighted by Crippen LogP contribution is -2.56. The molecule has 0 spiro atoms. The average Bonchev–Trinajstić information content (AvgIpc) is 3.09. The van der Waals surface area contributed by atoms with Crippen LogP contribution in [0.1, 0.15) is 42.5 Å². The first-order chi connectivity index (χ1) is 10.7. The molecule has 1 N–H and O–H groups in total. The minimum Gasteiger partial charge on any atom is -0.389 e. The summed E-state index contributed by atoms with van der Waals surface area (Å²) in [5.74, 6) is 0.00622. The highest BCUT2D eigenvalue weighted by atomic mass is 16.3. The predicted octanol–water partition coefficient (Wildman–Crippen LogP) is 2.14. The van der Waals surface area contributed by atoms with Gasteiger partial charge in [0, 0.05) is 18.7 Å². The summed E-state index contributed by atoms with van der Waals surface area (Å²) in [6.45, 7) is 2.18. The van der Waals surface area contributed by atoms with E-state index in [1.807, 2.05) is 37.4 Å². The number of likely N-dealkylation sites (tertiary alicyclic amines) is 1. The lowest BCUT2D eigenvalue weighted by Gasteiger charge is -2.43. The van der Waals surface area contributed by atoms with Gasteiger partial charge in [-0.15, -0.1) is 0 Å². The summed E-state index contributed by atoms with van der Waals surface area (Å²) >= 11 is 0. The number of nitrogens with zero attached hydrogens (tertiary/aromatic N) is 2. The second kappa shape index (κ2) is 6.80. The maximum atomic E-state index is 12.6. The van der Waals surface area contributed by atoms with Gasteiger partial charge in [0.05, 0.1) is 12.1 Å². The molecule has 0 unspecified atom stereocenters. The largest absolute Gasteiger partial charge is 0.389 e. The fraction of sp³-hybridized carbons (Fsp3) is 0.611. The second-order valence-corrected chi connectivity index (χ2v) is 6.58. The summed E-state index contributed by atoms with van der Waals surface area (Å²) in [5.41, 5.74) is 0.695. The van der Waals surface area contributed by atoms with Gasteiger partial charge in [0.2, 0.25) is 0 Å². The Labute approximate surface area is 132 Å². The summed E-state index contributed by atoms with van der Waals surface area (Å²) in [4.78, 5) is 16.8.